The number of oxime groups is 1. The largest absolute Gasteiger partial charge is 0.409 e. The maximum Gasteiger partial charge on any atom is 0.208 e. The van der Waals surface area contributed by atoms with Crippen molar-refractivity contribution < 1.29 is 5.21 Å². The summed E-state index contributed by atoms with van der Waals surface area (Å²) in [6.45, 7) is 2.01. The smallest absolute Gasteiger partial charge is 0.208 e. The van der Waals surface area contributed by atoms with Gasteiger partial charge < -0.3 is 15.8 Å². The van der Waals surface area contributed by atoms with Crippen molar-refractivity contribution in [2.75, 3.05) is 18.0 Å². The van der Waals surface area contributed by atoms with Crippen LogP contribution >= 0.6 is 0 Å². The van der Waals surface area contributed by atoms with Crippen molar-refractivity contribution in [2.24, 2.45) is 10.9 Å². The summed E-state index contributed by atoms with van der Waals surface area (Å²) in [5, 5.41) is 11.3. The van der Waals surface area contributed by atoms with Gasteiger partial charge in [-0.1, -0.05) is 5.16 Å². The van der Waals surface area contributed by atoms with Crippen molar-refractivity contribution in [3.63, 3.8) is 0 Å². The first kappa shape index (κ1) is 8.74. The van der Waals surface area contributed by atoms with Gasteiger partial charge in [-0.3, -0.25) is 0 Å². The topological polar surface area (TPSA) is 87.6 Å². The molecule has 1 aromatic heterocycles. The molecule has 1 aliphatic heterocycles. The second kappa shape index (κ2) is 3.49. The molecule has 0 amide bonds. The lowest BCUT2D eigenvalue weighted by molar-refractivity contribution is 0.318. The fourth-order valence-corrected chi connectivity index (χ4v) is 1.24. The molecule has 6 heteroatoms. The van der Waals surface area contributed by atoms with E-state index in [1.165, 1.54) is 6.42 Å². The van der Waals surface area contributed by atoms with Gasteiger partial charge in [-0.2, -0.15) is 0 Å². The van der Waals surface area contributed by atoms with Crippen molar-refractivity contribution >= 4 is 11.7 Å². The molecular weight excluding hydrogens is 182 g/mol. The van der Waals surface area contributed by atoms with E-state index in [2.05, 4.69) is 20.0 Å². The zero-order chi connectivity index (χ0) is 9.97. The second-order valence-electron chi connectivity index (χ2n) is 3.06. The monoisotopic (exact) mass is 193 g/mol. The van der Waals surface area contributed by atoms with Crippen molar-refractivity contribution in [3.8, 4) is 0 Å². The van der Waals surface area contributed by atoms with E-state index in [-0.39, 0.29) is 11.7 Å². The molecule has 1 aromatic rings. The van der Waals surface area contributed by atoms with Gasteiger partial charge in [0.25, 0.3) is 0 Å². The Morgan fingerprint density at radius 3 is 2.93 bits per heavy atom. The van der Waals surface area contributed by atoms with E-state index < -0.39 is 0 Å². The van der Waals surface area contributed by atoms with Gasteiger partial charge in [0, 0.05) is 19.3 Å². The van der Waals surface area contributed by atoms with Gasteiger partial charge in [0.15, 0.2) is 0 Å². The Labute approximate surface area is 81.1 Å². The predicted molar refractivity (Wildman–Crippen MR) is 51.4 cm³/mol. The highest BCUT2D eigenvalue weighted by Crippen LogP contribution is 2.16. The molecule has 74 valence electrons. The number of amidine groups is 1. The molecule has 3 N–H and O–H groups in total. The maximum atomic E-state index is 8.46. The molecule has 1 aliphatic rings. The molecule has 0 aromatic carbocycles. The van der Waals surface area contributed by atoms with E-state index >= 15 is 0 Å². The molecule has 0 radical (unpaired) electrons. The van der Waals surface area contributed by atoms with Crippen LogP contribution in [0.2, 0.25) is 0 Å². The zero-order valence-corrected chi connectivity index (χ0v) is 7.59. The number of hydrogen-bond acceptors (Lipinski definition) is 5. The van der Waals surface area contributed by atoms with Crippen LogP contribution < -0.4 is 10.6 Å². The number of rotatable bonds is 2. The Morgan fingerprint density at radius 1 is 1.57 bits per heavy atom. The highest BCUT2D eigenvalue weighted by Gasteiger charge is 2.16. The molecule has 6 nitrogen and oxygen atoms in total. The van der Waals surface area contributed by atoms with Crippen molar-refractivity contribution in [1.29, 1.82) is 0 Å². The van der Waals surface area contributed by atoms with Gasteiger partial charge >= 0.3 is 0 Å². The van der Waals surface area contributed by atoms with Crippen molar-refractivity contribution in [1.82, 2.24) is 9.97 Å². The lowest BCUT2D eigenvalue weighted by Crippen LogP contribution is -2.38. The number of aromatic nitrogens is 2. The van der Waals surface area contributed by atoms with Crippen LogP contribution in [0.1, 0.15) is 12.2 Å². The van der Waals surface area contributed by atoms with Gasteiger partial charge in [-0.25, -0.2) is 9.97 Å². The van der Waals surface area contributed by atoms with Crippen LogP contribution in [0.4, 0.5) is 5.82 Å². The fourth-order valence-electron chi connectivity index (χ4n) is 1.24. The van der Waals surface area contributed by atoms with Crippen LogP contribution in [0.25, 0.3) is 0 Å². The Morgan fingerprint density at radius 2 is 2.36 bits per heavy atom. The minimum atomic E-state index is -0.0626. The highest BCUT2D eigenvalue weighted by atomic mass is 16.4. The molecule has 14 heavy (non-hydrogen) atoms. The average Bonchev–Trinajstić information content (AvgIpc) is 2.14. The molecule has 0 saturated carbocycles. The molecule has 0 atom stereocenters. The summed E-state index contributed by atoms with van der Waals surface area (Å²) in [7, 11) is 0. The second-order valence-corrected chi connectivity index (χ2v) is 3.06. The van der Waals surface area contributed by atoms with Crippen molar-refractivity contribution in [3.05, 3.63) is 18.1 Å². The third-order valence-electron chi connectivity index (χ3n) is 2.16. The minimum absolute atomic E-state index is 0.0626. The van der Waals surface area contributed by atoms with E-state index in [0.29, 0.717) is 0 Å². The summed E-state index contributed by atoms with van der Waals surface area (Å²) in [4.78, 5) is 10.2. The predicted octanol–water partition coefficient (Wildman–Crippen LogP) is -0.219. The lowest BCUT2D eigenvalue weighted by Gasteiger charge is -2.31. The first-order chi connectivity index (χ1) is 6.81. The van der Waals surface area contributed by atoms with Gasteiger partial charge in [-0.05, 0) is 12.5 Å². The van der Waals surface area contributed by atoms with E-state index in [1.54, 1.807) is 6.20 Å². The summed E-state index contributed by atoms with van der Waals surface area (Å²) < 4.78 is 0. The van der Waals surface area contributed by atoms with E-state index in [1.807, 2.05) is 6.07 Å². The van der Waals surface area contributed by atoms with Gasteiger partial charge in [0.1, 0.15) is 5.82 Å². The molecule has 1 saturated heterocycles. The van der Waals surface area contributed by atoms with Gasteiger partial charge in [0.2, 0.25) is 11.7 Å². The van der Waals surface area contributed by atoms with Gasteiger partial charge in [0.05, 0.1) is 0 Å². The third kappa shape index (κ3) is 1.46. The molecule has 1 fully saturated rings. The van der Waals surface area contributed by atoms with E-state index in [0.717, 1.165) is 18.9 Å². The molecule has 0 aliphatic carbocycles. The highest BCUT2D eigenvalue weighted by molar-refractivity contribution is 5.93. The Kier molecular flexibility index (Phi) is 2.18. The summed E-state index contributed by atoms with van der Waals surface area (Å²) in [6, 6.07) is 1.81. The molecule has 0 bridgehead atoms. The quantitative estimate of drug-likeness (QED) is 0.293. The van der Waals surface area contributed by atoms with Crippen LogP contribution in [0.3, 0.4) is 0 Å². The third-order valence-corrected chi connectivity index (χ3v) is 2.16. The SMILES string of the molecule is N/C(=N/O)c1nccc(N2CCC2)n1. The van der Waals surface area contributed by atoms with Crippen LogP contribution in [-0.4, -0.2) is 34.1 Å². The molecule has 0 spiro atoms. The summed E-state index contributed by atoms with van der Waals surface area (Å²) in [6.07, 6.45) is 2.79. The number of anilines is 1. The van der Waals surface area contributed by atoms with Gasteiger partial charge in [-0.15, -0.1) is 0 Å². The summed E-state index contributed by atoms with van der Waals surface area (Å²) in [5.41, 5.74) is 5.38. The first-order valence-electron chi connectivity index (χ1n) is 4.37. The number of nitrogens with zero attached hydrogens (tertiary/aromatic N) is 4. The fraction of sp³-hybridized carbons (Fsp3) is 0.375. The maximum absolute atomic E-state index is 8.46. The lowest BCUT2D eigenvalue weighted by atomic mass is 10.2. The minimum Gasteiger partial charge on any atom is -0.409 e. The molecule has 0 unspecified atom stereocenters. The van der Waals surface area contributed by atoms with E-state index in [4.69, 9.17) is 10.9 Å². The number of hydrogen-bond donors (Lipinski definition) is 2. The summed E-state index contributed by atoms with van der Waals surface area (Å²) >= 11 is 0. The van der Waals surface area contributed by atoms with Crippen LogP contribution in [0.15, 0.2) is 17.4 Å². The molecule has 2 rings (SSSR count). The van der Waals surface area contributed by atoms with Crippen molar-refractivity contribution in [2.45, 2.75) is 6.42 Å². The summed E-state index contributed by atoms with van der Waals surface area (Å²) in [5.74, 6) is 1.03. The Bertz CT molecular complexity index is 361. The molecular formula is C8H11N5O. The Hall–Kier alpha value is -1.85. The number of nitrogens with two attached hydrogens (primary N) is 1. The molecule has 2 heterocycles. The van der Waals surface area contributed by atoms with Crippen LogP contribution in [0.5, 0.6) is 0 Å². The van der Waals surface area contributed by atoms with Crippen LogP contribution in [0, 0.1) is 0 Å². The van der Waals surface area contributed by atoms with E-state index in [9.17, 15) is 0 Å². The standard InChI is InChI=1S/C8H11N5O/c9-7(12-14)8-10-3-2-6(11-8)13-4-1-5-13/h2-3,14H,1,4-5H2,(H2,9,12). The normalized spacial score (nSPS) is 16.6. The van der Waals surface area contributed by atoms with Crippen LogP contribution in [-0.2, 0) is 0 Å². The first-order valence-corrected chi connectivity index (χ1v) is 4.37. The Balaban J connectivity index is 2.26. The average molecular weight is 193 g/mol. The zero-order valence-electron chi connectivity index (χ0n) is 7.59.